The van der Waals surface area contributed by atoms with Gasteiger partial charge >= 0.3 is 0 Å². The molecule has 6 heteroatoms. The average molecular weight is 435 g/mol. The minimum absolute atomic E-state index is 0.0801. The van der Waals surface area contributed by atoms with Crippen LogP contribution >= 0.6 is 0 Å². The third-order valence-electron chi connectivity index (χ3n) is 7.44. The molecule has 0 N–H and O–H groups in total. The van der Waals surface area contributed by atoms with E-state index in [1.165, 1.54) is 19.3 Å². The largest absolute Gasteiger partial charge is 0.337 e. The van der Waals surface area contributed by atoms with Gasteiger partial charge in [0.2, 0.25) is 5.91 Å². The van der Waals surface area contributed by atoms with E-state index in [4.69, 9.17) is 0 Å². The third-order valence-corrected chi connectivity index (χ3v) is 7.44. The highest BCUT2D eigenvalue weighted by atomic mass is 16.2. The van der Waals surface area contributed by atoms with E-state index >= 15 is 0 Å². The van der Waals surface area contributed by atoms with Crippen molar-refractivity contribution in [3.63, 3.8) is 0 Å². The van der Waals surface area contributed by atoms with Crippen molar-refractivity contribution in [3.8, 4) is 6.07 Å². The Morgan fingerprint density at radius 1 is 0.969 bits per heavy atom. The van der Waals surface area contributed by atoms with Crippen LogP contribution in [0.25, 0.3) is 0 Å². The molecular formula is C26H34N4O2. The molecular weight excluding hydrogens is 400 g/mol. The summed E-state index contributed by atoms with van der Waals surface area (Å²) < 4.78 is 0. The third kappa shape index (κ3) is 4.26. The Morgan fingerprint density at radius 2 is 1.50 bits per heavy atom. The van der Waals surface area contributed by atoms with Gasteiger partial charge in [-0.3, -0.25) is 9.59 Å². The van der Waals surface area contributed by atoms with Crippen molar-refractivity contribution in [3.05, 3.63) is 35.7 Å². The van der Waals surface area contributed by atoms with Crippen LogP contribution in [0.3, 0.4) is 0 Å². The van der Waals surface area contributed by atoms with Gasteiger partial charge in [-0.1, -0.05) is 25.5 Å². The number of hydrogen-bond donors (Lipinski definition) is 0. The van der Waals surface area contributed by atoms with E-state index in [1.807, 2.05) is 48.2 Å². The first-order chi connectivity index (χ1) is 15.5. The fraction of sp³-hybridized carbons (Fsp3) is 0.577. The number of allylic oxidation sites excluding steroid dienone is 1. The van der Waals surface area contributed by atoms with E-state index in [9.17, 15) is 14.9 Å². The number of carbonyl (C=O) groups excluding carboxylic acids is 2. The molecule has 0 saturated heterocycles. The van der Waals surface area contributed by atoms with E-state index in [0.717, 1.165) is 43.0 Å². The molecule has 0 aromatic heterocycles. The minimum atomic E-state index is -0.257. The number of fused-ring (bicyclic) bond motifs is 1. The SMILES string of the molecule is CCC1CCC(N(C(=O)CCC(=O)C(C#N)=C2N(C)c3ccccc3N2C)C2CC2)CC1. The van der Waals surface area contributed by atoms with Gasteiger partial charge in [0.1, 0.15) is 17.5 Å². The summed E-state index contributed by atoms with van der Waals surface area (Å²) in [4.78, 5) is 32.1. The number of carbonyl (C=O) groups is 2. The molecule has 4 rings (SSSR count). The summed E-state index contributed by atoms with van der Waals surface area (Å²) in [5, 5.41) is 9.82. The van der Waals surface area contributed by atoms with Crippen LogP contribution in [0, 0.1) is 17.2 Å². The highest BCUT2D eigenvalue weighted by Gasteiger charge is 2.39. The number of anilines is 2. The molecule has 32 heavy (non-hydrogen) atoms. The molecule has 2 fully saturated rings. The lowest BCUT2D eigenvalue weighted by atomic mass is 9.83. The zero-order valence-corrected chi connectivity index (χ0v) is 19.5. The molecule has 1 heterocycles. The zero-order chi connectivity index (χ0) is 22.8. The average Bonchev–Trinajstić information content (AvgIpc) is 3.62. The van der Waals surface area contributed by atoms with Crippen molar-refractivity contribution >= 4 is 23.1 Å². The van der Waals surface area contributed by atoms with Gasteiger partial charge in [0.25, 0.3) is 0 Å². The second kappa shape index (κ2) is 9.36. The number of para-hydroxylation sites is 2. The Bertz CT molecular complexity index is 920. The molecule has 1 aliphatic heterocycles. The van der Waals surface area contributed by atoms with E-state index in [2.05, 4.69) is 17.9 Å². The maximum Gasteiger partial charge on any atom is 0.223 e. The van der Waals surface area contributed by atoms with Crippen LogP contribution in [0.1, 0.15) is 64.7 Å². The first-order valence-corrected chi connectivity index (χ1v) is 12.0. The normalized spacial score (nSPS) is 22.4. The number of amides is 1. The van der Waals surface area contributed by atoms with E-state index < -0.39 is 0 Å². The van der Waals surface area contributed by atoms with Gasteiger partial charge in [-0.05, 0) is 56.6 Å². The maximum atomic E-state index is 13.2. The first kappa shape index (κ1) is 22.4. The standard InChI is InChI=1S/C26H34N4O2/c1-4-18-9-11-19(12-10-18)30(20-13-14-20)25(32)16-15-24(31)21(17-27)26-28(2)22-7-5-6-8-23(22)29(26)3/h5-8,18-20H,4,9-16H2,1-3H3. The lowest BCUT2D eigenvalue weighted by Gasteiger charge is -2.37. The quantitative estimate of drug-likeness (QED) is 0.463. The number of benzene rings is 1. The molecule has 0 unspecified atom stereocenters. The lowest BCUT2D eigenvalue weighted by molar-refractivity contribution is -0.136. The van der Waals surface area contributed by atoms with Crippen molar-refractivity contribution in [2.24, 2.45) is 5.92 Å². The minimum Gasteiger partial charge on any atom is -0.337 e. The molecule has 2 saturated carbocycles. The van der Waals surface area contributed by atoms with Crippen molar-refractivity contribution < 1.29 is 9.59 Å². The Balaban J connectivity index is 1.44. The second-order valence-corrected chi connectivity index (χ2v) is 9.46. The van der Waals surface area contributed by atoms with Crippen LogP contribution in [0.15, 0.2) is 35.7 Å². The number of Topliss-reactive ketones (excluding diaryl/α,β-unsaturated/α-hetero) is 1. The molecule has 0 atom stereocenters. The fourth-order valence-electron chi connectivity index (χ4n) is 5.42. The highest BCUT2D eigenvalue weighted by Crippen LogP contribution is 2.41. The number of rotatable bonds is 7. The van der Waals surface area contributed by atoms with E-state index in [0.29, 0.717) is 17.9 Å². The van der Waals surface area contributed by atoms with Gasteiger partial charge in [-0.2, -0.15) is 5.26 Å². The van der Waals surface area contributed by atoms with Gasteiger partial charge in [-0.25, -0.2) is 0 Å². The van der Waals surface area contributed by atoms with Crippen LogP contribution in [-0.4, -0.2) is 42.8 Å². The molecule has 6 nitrogen and oxygen atoms in total. The molecule has 1 aromatic carbocycles. The Hall–Kier alpha value is -2.81. The summed E-state index contributed by atoms with van der Waals surface area (Å²) in [6.45, 7) is 2.25. The Morgan fingerprint density at radius 3 is 1.97 bits per heavy atom. The van der Waals surface area contributed by atoms with Gasteiger partial charge in [0, 0.05) is 39.0 Å². The van der Waals surface area contributed by atoms with Crippen molar-refractivity contribution in [1.82, 2.24) is 4.90 Å². The van der Waals surface area contributed by atoms with Gasteiger partial charge in [0.15, 0.2) is 5.78 Å². The van der Waals surface area contributed by atoms with Gasteiger partial charge < -0.3 is 14.7 Å². The Kier molecular flexibility index (Phi) is 6.55. The monoisotopic (exact) mass is 434 g/mol. The summed E-state index contributed by atoms with van der Waals surface area (Å²) in [7, 11) is 3.74. The summed E-state index contributed by atoms with van der Waals surface area (Å²) in [5.74, 6) is 1.20. The molecule has 2 aliphatic carbocycles. The summed E-state index contributed by atoms with van der Waals surface area (Å²) >= 11 is 0. The van der Waals surface area contributed by atoms with Crippen LogP contribution in [0.2, 0.25) is 0 Å². The van der Waals surface area contributed by atoms with E-state index in [1.54, 1.807) is 0 Å². The zero-order valence-electron chi connectivity index (χ0n) is 19.5. The Labute approximate surface area is 191 Å². The fourth-order valence-corrected chi connectivity index (χ4v) is 5.42. The smallest absolute Gasteiger partial charge is 0.223 e. The van der Waals surface area contributed by atoms with E-state index in [-0.39, 0.29) is 30.1 Å². The van der Waals surface area contributed by atoms with Crippen LogP contribution in [0.5, 0.6) is 0 Å². The highest BCUT2D eigenvalue weighted by molar-refractivity contribution is 6.03. The summed E-state index contributed by atoms with van der Waals surface area (Å²) in [6, 6.07) is 10.6. The predicted octanol–water partition coefficient (Wildman–Crippen LogP) is 4.62. The summed E-state index contributed by atoms with van der Waals surface area (Å²) in [5.41, 5.74) is 2.05. The summed E-state index contributed by atoms with van der Waals surface area (Å²) in [6.07, 6.45) is 8.19. The van der Waals surface area contributed by atoms with Crippen molar-refractivity contribution in [2.75, 3.05) is 23.9 Å². The molecule has 1 amide bonds. The molecule has 1 aromatic rings. The number of hydrogen-bond acceptors (Lipinski definition) is 5. The molecule has 3 aliphatic rings. The topological polar surface area (TPSA) is 67.6 Å². The number of ketones is 1. The van der Waals surface area contributed by atoms with Gasteiger partial charge in [0.05, 0.1) is 11.4 Å². The lowest BCUT2D eigenvalue weighted by Crippen LogP contribution is -2.44. The predicted molar refractivity (Wildman–Crippen MR) is 126 cm³/mol. The van der Waals surface area contributed by atoms with Crippen LogP contribution in [-0.2, 0) is 9.59 Å². The van der Waals surface area contributed by atoms with Gasteiger partial charge in [-0.15, -0.1) is 0 Å². The van der Waals surface area contributed by atoms with Crippen LogP contribution < -0.4 is 9.80 Å². The number of nitriles is 1. The van der Waals surface area contributed by atoms with Crippen LogP contribution in [0.4, 0.5) is 11.4 Å². The van der Waals surface area contributed by atoms with Crippen molar-refractivity contribution in [2.45, 2.75) is 76.8 Å². The first-order valence-electron chi connectivity index (χ1n) is 12.0. The number of nitrogens with zero attached hydrogens (tertiary/aromatic N) is 4. The second-order valence-electron chi connectivity index (χ2n) is 9.46. The maximum absolute atomic E-state index is 13.2. The molecule has 170 valence electrons. The molecule has 0 spiro atoms. The molecule has 0 bridgehead atoms. The molecule has 0 radical (unpaired) electrons. The van der Waals surface area contributed by atoms with Crippen molar-refractivity contribution in [1.29, 1.82) is 5.26 Å².